The molecule has 0 saturated heterocycles. The van der Waals surface area contributed by atoms with Crippen LogP contribution in [0.2, 0.25) is 0 Å². The topological polar surface area (TPSA) is 50.3 Å². The highest BCUT2D eigenvalue weighted by Crippen LogP contribution is 2.13. The zero-order chi connectivity index (χ0) is 10.1. The van der Waals surface area contributed by atoms with E-state index < -0.39 is 15.1 Å². The van der Waals surface area contributed by atoms with Crippen LogP contribution in [0.4, 0.5) is 9.70 Å². The van der Waals surface area contributed by atoms with Crippen molar-refractivity contribution in [1.29, 1.82) is 0 Å². The number of hydrogen-bond acceptors (Lipinski definition) is 4. The van der Waals surface area contributed by atoms with Gasteiger partial charge in [0.05, 0.1) is 6.20 Å². The Morgan fingerprint density at radius 3 is 2.31 bits per heavy atom. The third-order valence-corrected chi connectivity index (χ3v) is 2.27. The van der Waals surface area contributed by atoms with Gasteiger partial charge in [0, 0.05) is 14.1 Å². The lowest BCUT2D eigenvalue weighted by molar-refractivity contribution is 0.551. The number of hydrogen-bond donors (Lipinski definition) is 0. The molecule has 1 heterocycles. The van der Waals surface area contributed by atoms with Crippen molar-refractivity contribution in [3.05, 3.63) is 18.3 Å². The Hall–Kier alpha value is -1.17. The lowest BCUT2D eigenvalue weighted by Crippen LogP contribution is -2.10. The molecule has 0 N–H and O–H groups in total. The summed E-state index contributed by atoms with van der Waals surface area (Å²) in [6.45, 7) is 0. The van der Waals surface area contributed by atoms with Crippen LogP contribution < -0.4 is 4.90 Å². The minimum Gasteiger partial charge on any atom is -0.363 e. The second-order valence-corrected chi connectivity index (χ2v) is 4.03. The SMILES string of the molecule is CN(C)c1ccc(S(=O)(=O)F)cn1. The molecule has 1 aromatic rings. The van der Waals surface area contributed by atoms with E-state index in [4.69, 9.17) is 0 Å². The molecule has 0 unspecified atom stereocenters. The van der Waals surface area contributed by atoms with E-state index in [0.29, 0.717) is 5.82 Å². The molecule has 1 aromatic heterocycles. The van der Waals surface area contributed by atoms with Gasteiger partial charge in [0.15, 0.2) is 0 Å². The molecule has 0 spiro atoms. The number of rotatable bonds is 2. The summed E-state index contributed by atoms with van der Waals surface area (Å²) in [7, 11) is -1.11. The van der Waals surface area contributed by atoms with Crippen LogP contribution in [0.5, 0.6) is 0 Å². The first-order chi connectivity index (χ1) is 5.91. The van der Waals surface area contributed by atoms with E-state index in [1.54, 1.807) is 19.0 Å². The summed E-state index contributed by atoms with van der Waals surface area (Å²) < 4.78 is 33.2. The van der Waals surface area contributed by atoms with Gasteiger partial charge in [-0.05, 0) is 12.1 Å². The number of nitrogens with zero attached hydrogens (tertiary/aromatic N) is 2. The van der Waals surface area contributed by atoms with Crippen LogP contribution in [-0.4, -0.2) is 27.5 Å². The molecule has 0 amide bonds. The van der Waals surface area contributed by atoms with Gasteiger partial charge in [-0.2, -0.15) is 8.42 Å². The van der Waals surface area contributed by atoms with E-state index in [1.807, 2.05) is 0 Å². The maximum Gasteiger partial charge on any atom is 0.333 e. The van der Waals surface area contributed by atoms with Crippen LogP contribution in [0.15, 0.2) is 23.2 Å². The van der Waals surface area contributed by atoms with Gasteiger partial charge in [-0.25, -0.2) is 4.98 Å². The van der Waals surface area contributed by atoms with Crippen LogP contribution in [0.1, 0.15) is 0 Å². The molecular formula is C7H9FN2O2S. The molecule has 13 heavy (non-hydrogen) atoms. The third kappa shape index (κ3) is 2.38. The van der Waals surface area contributed by atoms with E-state index in [2.05, 4.69) is 4.98 Å². The highest BCUT2D eigenvalue weighted by Gasteiger charge is 2.11. The smallest absolute Gasteiger partial charge is 0.333 e. The van der Waals surface area contributed by atoms with E-state index in [0.717, 1.165) is 6.20 Å². The van der Waals surface area contributed by atoms with Gasteiger partial charge in [-0.3, -0.25) is 0 Å². The van der Waals surface area contributed by atoms with Crippen LogP contribution in [0.25, 0.3) is 0 Å². The largest absolute Gasteiger partial charge is 0.363 e. The lowest BCUT2D eigenvalue weighted by Gasteiger charge is -2.09. The van der Waals surface area contributed by atoms with Crippen LogP contribution in [0.3, 0.4) is 0 Å². The molecule has 6 heteroatoms. The predicted molar refractivity (Wildman–Crippen MR) is 46.9 cm³/mol. The van der Waals surface area contributed by atoms with Crippen molar-refractivity contribution in [2.75, 3.05) is 19.0 Å². The maximum atomic E-state index is 12.4. The van der Waals surface area contributed by atoms with Crippen molar-refractivity contribution in [2.45, 2.75) is 4.90 Å². The normalized spacial score (nSPS) is 11.3. The highest BCUT2D eigenvalue weighted by atomic mass is 32.3. The Morgan fingerprint density at radius 2 is 2.00 bits per heavy atom. The van der Waals surface area contributed by atoms with Crippen molar-refractivity contribution in [1.82, 2.24) is 4.98 Å². The Labute approximate surface area is 76.2 Å². The number of anilines is 1. The molecule has 0 atom stereocenters. The van der Waals surface area contributed by atoms with Crippen molar-refractivity contribution in [3.8, 4) is 0 Å². The minimum atomic E-state index is -4.63. The fourth-order valence-electron chi connectivity index (χ4n) is 0.781. The minimum absolute atomic E-state index is 0.418. The molecule has 0 bridgehead atoms. The molecule has 0 saturated carbocycles. The summed E-state index contributed by atoms with van der Waals surface area (Å²) in [6, 6.07) is 2.62. The molecular weight excluding hydrogens is 195 g/mol. The molecule has 0 aliphatic carbocycles. The van der Waals surface area contributed by atoms with Crippen molar-refractivity contribution in [3.63, 3.8) is 0 Å². The first-order valence-electron chi connectivity index (χ1n) is 3.49. The van der Waals surface area contributed by atoms with E-state index in [1.165, 1.54) is 12.1 Å². The standard InChI is InChI=1S/C7H9FN2O2S/c1-10(2)7-4-3-6(5-9-7)13(8,11)12/h3-5H,1-2H3. The lowest BCUT2D eigenvalue weighted by atomic mass is 10.4. The van der Waals surface area contributed by atoms with Gasteiger partial charge in [0.25, 0.3) is 0 Å². The molecule has 72 valence electrons. The third-order valence-electron chi connectivity index (χ3n) is 1.46. The molecule has 0 aliphatic rings. The highest BCUT2D eigenvalue weighted by molar-refractivity contribution is 7.86. The van der Waals surface area contributed by atoms with E-state index in [9.17, 15) is 12.3 Å². The quantitative estimate of drug-likeness (QED) is 0.669. The Bertz CT molecular complexity index is 385. The Kier molecular flexibility index (Phi) is 2.51. The molecule has 0 aromatic carbocycles. The molecule has 0 aliphatic heterocycles. The van der Waals surface area contributed by atoms with Gasteiger partial charge in [-0.1, -0.05) is 0 Å². The zero-order valence-corrected chi connectivity index (χ0v) is 8.05. The monoisotopic (exact) mass is 204 g/mol. The second-order valence-electron chi connectivity index (χ2n) is 2.68. The summed E-state index contributed by atoms with van der Waals surface area (Å²) in [6.07, 6.45) is 0.991. The Balaban J connectivity index is 3.08. The Morgan fingerprint density at radius 1 is 1.38 bits per heavy atom. The van der Waals surface area contributed by atoms with E-state index >= 15 is 0 Å². The van der Waals surface area contributed by atoms with Crippen LogP contribution in [-0.2, 0) is 10.2 Å². The number of pyridine rings is 1. The van der Waals surface area contributed by atoms with Crippen LogP contribution in [0, 0.1) is 0 Å². The summed E-state index contributed by atoms with van der Waals surface area (Å²) in [5.41, 5.74) is 0. The van der Waals surface area contributed by atoms with Gasteiger partial charge in [-0.15, -0.1) is 3.89 Å². The summed E-state index contributed by atoms with van der Waals surface area (Å²) in [4.78, 5) is 5.02. The average molecular weight is 204 g/mol. The fraction of sp³-hybridized carbons (Fsp3) is 0.286. The number of aromatic nitrogens is 1. The van der Waals surface area contributed by atoms with E-state index in [-0.39, 0.29) is 0 Å². The predicted octanol–water partition coefficient (Wildman–Crippen LogP) is 0.806. The van der Waals surface area contributed by atoms with Crippen LogP contribution >= 0.6 is 0 Å². The average Bonchev–Trinajstić information content (AvgIpc) is 2.03. The second kappa shape index (κ2) is 3.29. The molecule has 0 radical (unpaired) electrons. The van der Waals surface area contributed by atoms with Gasteiger partial charge in [0.1, 0.15) is 10.7 Å². The first-order valence-corrected chi connectivity index (χ1v) is 4.87. The summed E-state index contributed by atoms with van der Waals surface area (Å²) in [5, 5.41) is 0. The van der Waals surface area contributed by atoms with Gasteiger partial charge < -0.3 is 4.90 Å². The molecule has 4 nitrogen and oxygen atoms in total. The summed E-state index contributed by atoms with van der Waals surface area (Å²) in [5.74, 6) is 0.576. The fourth-order valence-corrected chi connectivity index (χ4v) is 1.19. The van der Waals surface area contributed by atoms with Gasteiger partial charge in [0.2, 0.25) is 0 Å². The molecule has 0 fully saturated rings. The summed E-state index contributed by atoms with van der Waals surface area (Å²) >= 11 is 0. The van der Waals surface area contributed by atoms with Crippen molar-refractivity contribution in [2.24, 2.45) is 0 Å². The number of halogens is 1. The maximum absolute atomic E-state index is 12.4. The van der Waals surface area contributed by atoms with Crippen molar-refractivity contribution < 1.29 is 12.3 Å². The van der Waals surface area contributed by atoms with Crippen molar-refractivity contribution >= 4 is 16.0 Å². The zero-order valence-electron chi connectivity index (χ0n) is 7.23. The molecule has 1 rings (SSSR count). The van der Waals surface area contributed by atoms with Gasteiger partial charge >= 0.3 is 10.2 Å². The first kappa shape index (κ1) is 9.91.